The number of piperidine rings is 1. The number of fused-ring (bicyclic) bond motifs is 1. The third-order valence-electron chi connectivity index (χ3n) is 4.32. The highest BCUT2D eigenvalue weighted by atomic mass is 16.4. The summed E-state index contributed by atoms with van der Waals surface area (Å²) in [4.78, 5) is 14.0. The van der Waals surface area contributed by atoms with Crippen molar-refractivity contribution in [3.8, 4) is 0 Å². The van der Waals surface area contributed by atoms with E-state index in [0.717, 1.165) is 35.9 Å². The van der Waals surface area contributed by atoms with Gasteiger partial charge >= 0.3 is 5.63 Å². The molecule has 1 aromatic heterocycles. The topological polar surface area (TPSA) is 53.7 Å². The van der Waals surface area contributed by atoms with Gasteiger partial charge in [-0.05, 0) is 62.1 Å². The van der Waals surface area contributed by atoms with Crippen LogP contribution in [0.1, 0.15) is 29.5 Å². The van der Waals surface area contributed by atoms with Crippen molar-refractivity contribution in [3.63, 3.8) is 0 Å². The number of rotatable bonds is 2. The first-order valence-electron chi connectivity index (χ1n) is 7.47. The summed E-state index contributed by atoms with van der Waals surface area (Å²) < 4.78 is 5.32. The molecule has 1 N–H and O–H groups in total. The summed E-state index contributed by atoms with van der Waals surface area (Å²) in [6.07, 6.45) is 1.61. The molecule has 1 saturated heterocycles. The fourth-order valence-corrected chi connectivity index (χ4v) is 3.03. The second-order valence-electron chi connectivity index (χ2n) is 6.05. The van der Waals surface area contributed by atoms with Gasteiger partial charge in [0.25, 0.3) is 0 Å². The average Bonchev–Trinajstić information content (AvgIpc) is 2.41. The number of aliphatic hydroxyl groups is 1. The zero-order valence-corrected chi connectivity index (χ0v) is 12.6. The number of aliphatic hydroxyl groups excluding tert-OH is 1. The number of hydrogen-bond donors (Lipinski definition) is 1. The van der Waals surface area contributed by atoms with Gasteiger partial charge in [-0.2, -0.15) is 0 Å². The summed E-state index contributed by atoms with van der Waals surface area (Å²) in [5, 5.41) is 10.8. The summed E-state index contributed by atoms with van der Waals surface area (Å²) in [5.41, 5.74) is 3.64. The average molecular weight is 287 g/mol. The molecule has 21 heavy (non-hydrogen) atoms. The van der Waals surface area contributed by atoms with E-state index in [9.17, 15) is 9.90 Å². The van der Waals surface area contributed by atoms with Gasteiger partial charge in [0.15, 0.2) is 0 Å². The summed E-state index contributed by atoms with van der Waals surface area (Å²) >= 11 is 0. The summed E-state index contributed by atoms with van der Waals surface area (Å²) in [6, 6.07) is 5.60. The lowest BCUT2D eigenvalue weighted by Gasteiger charge is -2.30. The van der Waals surface area contributed by atoms with Gasteiger partial charge in [-0.25, -0.2) is 4.79 Å². The predicted molar refractivity (Wildman–Crippen MR) is 82.5 cm³/mol. The van der Waals surface area contributed by atoms with E-state index in [-0.39, 0.29) is 11.7 Å². The Bertz CT molecular complexity index is 720. The van der Waals surface area contributed by atoms with E-state index in [1.54, 1.807) is 6.07 Å². The molecule has 0 amide bonds. The van der Waals surface area contributed by atoms with Crippen LogP contribution in [0, 0.1) is 13.8 Å². The third-order valence-corrected chi connectivity index (χ3v) is 4.32. The second kappa shape index (κ2) is 5.62. The SMILES string of the molecule is Cc1cc2oc(=O)cc(CN3CCC[C@@H](O)C3)c2cc1C. The minimum Gasteiger partial charge on any atom is -0.423 e. The Morgan fingerprint density at radius 3 is 2.81 bits per heavy atom. The quantitative estimate of drug-likeness (QED) is 0.862. The molecule has 1 aromatic carbocycles. The van der Waals surface area contributed by atoms with Crippen molar-refractivity contribution in [1.82, 2.24) is 4.90 Å². The first-order valence-corrected chi connectivity index (χ1v) is 7.47. The van der Waals surface area contributed by atoms with Crippen LogP contribution in [0.5, 0.6) is 0 Å². The van der Waals surface area contributed by atoms with E-state index in [4.69, 9.17) is 4.42 Å². The van der Waals surface area contributed by atoms with Crippen LogP contribution < -0.4 is 5.63 Å². The summed E-state index contributed by atoms with van der Waals surface area (Å²) in [6.45, 7) is 6.40. The van der Waals surface area contributed by atoms with E-state index < -0.39 is 0 Å². The molecule has 4 nitrogen and oxygen atoms in total. The molecule has 112 valence electrons. The number of benzene rings is 1. The van der Waals surface area contributed by atoms with Gasteiger partial charge in [-0.1, -0.05) is 0 Å². The largest absolute Gasteiger partial charge is 0.423 e. The summed E-state index contributed by atoms with van der Waals surface area (Å²) in [5.74, 6) is 0. The van der Waals surface area contributed by atoms with Crippen molar-refractivity contribution >= 4 is 11.0 Å². The highest BCUT2D eigenvalue weighted by Gasteiger charge is 2.19. The first kappa shape index (κ1) is 14.3. The minimum absolute atomic E-state index is 0.255. The molecule has 0 saturated carbocycles. The van der Waals surface area contributed by atoms with Crippen LogP contribution in [-0.4, -0.2) is 29.2 Å². The molecule has 1 fully saturated rings. The highest BCUT2D eigenvalue weighted by molar-refractivity contribution is 5.81. The Hall–Kier alpha value is -1.65. The number of likely N-dealkylation sites (tertiary alicyclic amines) is 1. The monoisotopic (exact) mass is 287 g/mol. The molecular weight excluding hydrogens is 266 g/mol. The van der Waals surface area contributed by atoms with Gasteiger partial charge in [-0.15, -0.1) is 0 Å². The molecule has 1 atom stereocenters. The van der Waals surface area contributed by atoms with Crippen LogP contribution >= 0.6 is 0 Å². The number of aryl methyl sites for hydroxylation is 2. The number of β-amino-alcohol motifs (C(OH)–C–C–N with tert-alkyl or cyclic N) is 1. The van der Waals surface area contributed by atoms with Crippen LogP contribution in [0.15, 0.2) is 27.4 Å². The van der Waals surface area contributed by atoms with Crippen molar-refractivity contribution in [2.75, 3.05) is 13.1 Å². The Morgan fingerprint density at radius 1 is 1.29 bits per heavy atom. The van der Waals surface area contributed by atoms with Crippen LogP contribution in [-0.2, 0) is 6.54 Å². The molecule has 3 rings (SSSR count). The lowest BCUT2D eigenvalue weighted by Crippen LogP contribution is -2.37. The Morgan fingerprint density at radius 2 is 2.05 bits per heavy atom. The van der Waals surface area contributed by atoms with Gasteiger partial charge in [0.05, 0.1) is 6.10 Å². The lowest BCUT2D eigenvalue weighted by molar-refractivity contribution is 0.0670. The Kier molecular flexibility index (Phi) is 3.83. The van der Waals surface area contributed by atoms with E-state index in [1.165, 1.54) is 5.56 Å². The van der Waals surface area contributed by atoms with Crippen LogP contribution in [0.4, 0.5) is 0 Å². The predicted octanol–water partition coefficient (Wildman–Crippen LogP) is 2.37. The molecule has 2 aromatic rings. The van der Waals surface area contributed by atoms with Gasteiger partial charge in [-0.3, -0.25) is 4.90 Å². The van der Waals surface area contributed by atoms with Crippen LogP contribution in [0.3, 0.4) is 0 Å². The van der Waals surface area contributed by atoms with E-state index >= 15 is 0 Å². The van der Waals surface area contributed by atoms with Gasteiger partial charge < -0.3 is 9.52 Å². The van der Waals surface area contributed by atoms with Crippen molar-refractivity contribution in [2.24, 2.45) is 0 Å². The first-order chi connectivity index (χ1) is 10.0. The zero-order valence-electron chi connectivity index (χ0n) is 12.6. The molecular formula is C17H21NO3. The molecule has 0 radical (unpaired) electrons. The molecule has 4 heteroatoms. The van der Waals surface area contributed by atoms with E-state index in [2.05, 4.69) is 17.9 Å². The smallest absolute Gasteiger partial charge is 0.336 e. The Balaban J connectivity index is 2.00. The molecule has 0 unspecified atom stereocenters. The number of nitrogens with zero attached hydrogens (tertiary/aromatic N) is 1. The maximum absolute atomic E-state index is 11.8. The van der Waals surface area contributed by atoms with Crippen molar-refractivity contribution in [1.29, 1.82) is 0 Å². The van der Waals surface area contributed by atoms with E-state index in [0.29, 0.717) is 18.7 Å². The molecule has 1 aliphatic heterocycles. The van der Waals surface area contributed by atoms with Crippen molar-refractivity contribution in [2.45, 2.75) is 39.3 Å². The third kappa shape index (κ3) is 3.01. The van der Waals surface area contributed by atoms with Crippen LogP contribution in [0.25, 0.3) is 11.0 Å². The van der Waals surface area contributed by atoms with Crippen molar-refractivity contribution in [3.05, 3.63) is 45.3 Å². The normalized spacial score (nSPS) is 20.0. The standard InChI is InChI=1S/C17H21NO3/c1-11-6-15-13(9-18-5-3-4-14(19)10-18)8-17(20)21-16(15)7-12(11)2/h6-8,14,19H,3-5,9-10H2,1-2H3/t14-/m1/s1. The summed E-state index contributed by atoms with van der Waals surface area (Å²) in [7, 11) is 0. The van der Waals surface area contributed by atoms with Gasteiger partial charge in [0.1, 0.15) is 5.58 Å². The van der Waals surface area contributed by atoms with Gasteiger partial charge in [0, 0.05) is 24.5 Å². The van der Waals surface area contributed by atoms with Crippen molar-refractivity contribution < 1.29 is 9.52 Å². The van der Waals surface area contributed by atoms with Crippen LogP contribution in [0.2, 0.25) is 0 Å². The molecule has 0 aliphatic carbocycles. The second-order valence-corrected chi connectivity index (χ2v) is 6.05. The lowest BCUT2D eigenvalue weighted by atomic mass is 10.0. The highest BCUT2D eigenvalue weighted by Crippen LogP contribution is 2.23. The maximum atomic E-state index is 11.8. The molecule has 0 bridgehead atoms. The molecule has 2 heterocycles. The molecule has 1 aliphatic rings. The van der Waals surface area contributed by atoms with E-state index in [1.807, 2.05) is 13.0 Å². The fraction of sp³-hybridized carbons (Fsp3) is 0.471. The Labute approximate surface area is 124 Å². The maximum Gasteiger partial charge on any atom is 0.336 e. The number of hydrogen-bond acceptors (Lipinski definition) is 4. The minimum atomic E-state index is -0.307. The zero-order chi connectivity index (χ0) is 15.0. The van der Waals surface area contributed by atoms with Gasteiger partial charge in [0.2, 0.25) is 0 Å². The molecule has 0 spiro atoms. The fourth-order valence-electron chi connectivity index (χ4n) is 3.03.